The average molecular weight is 264 g/mol. The molecule has 0 aliphatic heterocycles. The molecular weight excluding hydrogens is 246 g/mol. The number of hydrogen-bond donors (Lipinski definition) is 1. The third-order valence-corrected chi connectivity index (χ3v) is 3.23. The maximum atomic E-state index is 5.89. The molecule has 1 atom stereocenters. The number of aromatic nitrogens is 2. The van der Waals surface area contributed by atoms with Crippen molar-refractivity contribution in [3.8, 4) is 0 Å². The van der Waals surface area contributed by atoms with Gasteiger partial charge in [-0.15, -0.1) is 0 Å². The van der Waals surface area contributed by atoms with E-state index >= 15 is 0 Å². The Bertz CT molecular complexity index is 516. The van der Waals surface area contributed by atoms with Gasteiger partial charge in [0, 0.05) is 24.3 Å². The van der Waals surface area contributed by atoms with Crippen molar-refractivity contribution in [2.24, 2.45) is 7.05 Å². The smallest absolute Gasteiger partial charge is 0.0853 e. The second-order valence-corrected chi connectivity index (χ2v) is 4.87. The largest absolute Gasteiger partial charge is 0.376 e. The highest BCUT2D eigenvalue weighted by atomic mass is 35.5. The van der Waals surface area contributed by atoms with Crippen LogP contribution in [-0.4, -0.2) is 9.78 Å². The van der Waals surface area contributed by atoms with Crippen LogP contribution in [0.3, 0.4) is 0 Å². The number of aryl methyl sites for hydroxylation is 2. The Kier molecular flexibility index (Phi) is 3.92. The van der Waals surface area contributed by atoms with E-state index in [1.807, 2.05) is 42.2 Å². The van der Waals surface area contributed by atoms with Gasteiger partial charge in [0.2, 0.25) is 0 Å². The Morgan fingerprint density at radius 1 is 1.33 bits per heavy atom. The van der Waals surface area contributed by atoms with E-state index in [9.17, 15) is 0 Å². The Morgan fingerprint density at radius 3 is 2.61 bits per heavy atom. The molecule has 1 unspecified atom stereocenters. The summed E-state index contributed by atoms with van der Waals surface area (Å²) >= 11 is 5.89. The molecule has 1 N–H and O–H groups in total. The van der Waals surface area contributed by atoms with Gasteiger partial charge in [0.1, 0.15) is 0 Å². The van der Waals surface area contributed by atoms with Crippen molar-refractivity contribution >= 4 is 17.3 Å². The molecule has 0 radical (unpaired) electrons. The van der Waals surface area contributed by atoms with Crippen LogP contribution >= 0.6 is 11.6 Å². The lowest BCUT2D eigenvalue weighted by Crippen LogP contribution is -2.07. The summed E-state index contributed by atoms with van der Waals surface area (Å²) in [6.45, 7) is 4.25. The third kappa shape index (κ3) is 2.85. The van der Waals surface area contributed by atoms with Gasteiger partial charge < -0.3 is 5.32 Å². The number of nitrogens with one attached hydrogen (secondary N) is 1. The number of rotatable bonds is 4. The molecule has 0 saturated carbocycles. The summed E-state index contributed by atoms with van der Waals surface area (Å²) in [5.74, 6) is 0. The minimum absolute atomic E-state index is 0.233. The molecule has 3 nitrogen and oxygen atoms in total. The van der Waals surface area contributed by atoms with E-state index in [1.54, 1.807) is 0 Å². The van der Waals surface area contributed by atoms with Gasteiger partial charge in [-0.2, -0.15) is 5.10 Å². The lowest BCUT2D eigenvalue weighted by atomic mass is 10.1. The number of halogens is 1. The number of nitrogens with zero attached hydrogens (tertiary/aromatic N) is 2. The molecule has 4 heteroatoms. The molecule has 0 fully saturated rings. The van der Waals surface area contributed by atoms with Crippen molar-refractivity contribution < 1.29 is 0 Å². The summed E-state index contributed by atoms with van der Waals surface area (Å²) in [6.07, 6.45) is 2.95. The predicted octanol–water partition coefficient (Wildman–Crippen LogP) is 3.81. The molecule has 0 aliphatic carbocycles. The first-order chi connectivity index (χ1) is 8.60. The molecule has 2 aromatic rings. The molecule has 18 heavy (non-hydrogen) atoms. The molecule has 2 rings (SSSR count). The standard InChI is InChI=1S/C14H18ClN3/c1-4-13-14(9-18(3)17-13)16-10(2)11-5-7-12(15)8-6-11/h5-10,16H,4H2,1-3H3. The second kappa shape index (κ2) is 5.44. The Morgan fingerprint density at radius 2 is 2.00 bits per heavy atom. The summed E-state index contributed by atoms with van der Waals surface area (Å²) in [5, 5.41) is 8.68. The fourth-order valence-electron chi connectivity index (χ4n) is 1.98. The zero-order valence-electron chi connectivity index (χ0n) is 10.9. The van der Waals surface area contributed by atoms with Crippen molar-refractivity contribution in [2.75, 3.05) is 5.32 Å². The first-order valence-corrected chi connectivity index (χ1v) is 6.52. The van der Waals surface area contributed by atoms with Crippen LogP contribution in [0.25, 0.3) is 0 Å². The Labute approximate surface area is 113 Å². The van der Waals surface area contributed by atoms with Crippen LogP contribution in [0.4, 0.5) is 5.69 Å². The minimum Gasteiger partial charge on any atom is -0.376 e. The summed E-state index contributed by atoms with van der Waals surface area (Å²) < 4.78 is 1.84. The first-order valence-electron chi connectivity index (χ1n) is 6.14. The number of benzene rings is 1. The van der Waals surface area contributed by atoms with Crippen LogP contribution < -0.4 is 5.32 Å². The SMILES string of the molecule is CCc1nn(C)cc1NC(C)c1ccc(Cl)cc1. The fourth-order valence-corrected chi connectivity index (χ4v) is 2.11. The molecule has 1 aromatic heterocycles. The van der Waals surface area contributed by atoms with E-state index in [0.717, 1.165) is 22.8 Å². The highest BCUT2D eigenvalue weighted by molar-refractivity contribution is 6.30. The van der Waals surface area contributed by atoms with E-state index in [2.05, 4.69) is 24.3 Å². The molecule has 1 aromatic carbocycles. The maximum absolute atomic E-state index is 5.89. The molecule has 0 spiro atoms. The van der Waals surface area contributed by atoms with Gasteiger partial charge in [0.25, 0.3) is 0 Å². The van der Waals surface area contributed by atoms with Gasteiger partial charge in [0.15, 0.2) is 0 Å². The molecule has 96 valence electrons. The summed E-state index contributed by atoms with van der Waals surface area (Å²) in [7, 11) is 1.94. The molecule has 0 aliphatic rings. The third-order valence-electron chi connectivity index (χ3n) is 2.98. The lowest BCUT2D eigenvalue weighted by Gasteiger charge is -2.15. The summed E-state index contributed by atoms with van der Waals surface area (Å²) in [6, 6.07) is 8.15. The minimum atomic E-state index is 0.233. The van der Waals surface area contributed by atoms with E-state index in [1.165, 1.54) is 5.56 Å². The normalized spacial score (nSPS) is 12.4. The van der Waals surface area contributed by atoms with Crippen molar-refractivity contribution in [1.29, 1.82) is 0 Å². The van der Waals surface area contributed by atoms with Crippen LogP contribution in [0.2, 0.25) is 5.02 Å². The quantitative estimate of drug-likeness (QED) is 0.909. The number of anilines is 1. The van der Waals surface area contributed by atoms with Crippen molar-refractivity contribution in [1.82, 2.24) is 9.78 Å². The van der Waals surface area contributed by atoms with Gasteiger partial charge in [-0.05, 0) is 31.0 Å². The maximum Gasteiger partial charge on any atom is 0.0853 e. The van der Waals surface area contributed by atoms with Crippen molar-refractivity contribution in [3.05, 3.63) is 46.7 Å². The highest BCUT2D eigenvalue weighted by Gasteiger charge is 2.10. The highest BCUT2D eigenvalue weighted by Crippen LogP contribution is 2.23. The Hall–Kier alpha value is -1.48. The van der Waals surface area contributed by atoms with Crippen LogP contribution in [0.1, 0.15) is 31.1 Å². The molecule has 1 heterocycles. The van der Waals surface area contributed by atoms with Crippen molar-refractivity contribution in [3.63, 3.8) is 0 Å². The van der Waals surface area contributed by atoms with E-state index < -0.39 is 0 Å². The molecule has 0 amide bonds. The Balaban J connectivity index is 2.15. The average Bonchev–Trinajstić information content (AvgIpc) is 2.70. The predicted molar refractivity (Wildman–Crippen MR) is 76.1 cm³/mol. The molecular formula is C14H18ClN3. The van der Waals surface area contributed by atoms with Crippen LogP contribution in [-0.2, 0) is 13.5 Å². The van der Waals surface area contributed by atoms with Gasteiger partial charge in [-0.3, -0.25) is 4.68 Å². The topological polar surface area (TPSA) is 29.9 Å². The van der Waals surface area contributed by atoms with Crippen molar-refractivity contribution in [2.45, 2.75) is 26.3 Å². The summed E-state index contributed by atoms with van der Waals surface area (Å²) in [5.41, 5.74) is 3.41. The monoisotopic (exact) mass is 263 g/mol. The van der Waals surface area contributed by atoms with Crippen LogP contribution in [0, 0.1) is 0 Å². The van der Waals surface area contributed by atoms with Gasteiger partial charge >= 0.3 is 0 Å². The van der Waals surface area contributed by atoms with E-state index in [0.29, 0.717) is 0 Å². The van der Waals surface area contributed by atoms with Gasteiger partial charge in [-0.1, -0.05) is 30.7 Å². The summed E-state index contributed by atoms with van der Waals surface area (Å²) in [4.78, 5) is 0. The fraction of sp³-hybridized carbons (Fsp3) is 0.357. The van der Waals surface area contributed by atoms with Crippen LogP contribution in [0.15, 0.2) is 30.5 Å². The molecule has 0 saturated heterocycles. The molecule has 0 bridgehead atoms. The van der Waals surface area contributed by atoms with Gasteiger partial charge in [0.05, 0.1) is 11.4 Å². The zero-order valence-corrected chi connectivity index (χ0v) is 11.7. The zero-order chi connectivity index (χ0) is 13.1. The van der Waals surface area contributed by atoms with Crippen LogP contribution in [0.5, 0.6) is 0 Å². The first kappa shape index (κ1) is 13.0. The number of hydrogen-bond acceptors (Lipinski definition) is 2. The van der Waals surface area contributed by atoms with Gasteiger partial charge in [-0.25, -0.2) is 0 Å². The lowest BCUT2D eigenvalue weighted by molar-refractivity contribution is 0.746. The second-order valence-electron chi connectivity index (χ2n) is 4.43. The van der Waals surface area contributed by atoms with E-state index in [-0.39, 0.29) is 6.04 Å². The van der Waals surface area contributed by atoms with E-state index in [4.69, 9.17) is 11.6 Å².